The predicted molar refractivity (Wildman–Crippen MR) is 204 cm³/mol. The Balaban J connectivity index is 1.55. The van der Waals surface area contributed by atoms with Crippen molar-refractivity contribution in [2.45, 2.75) is 53.8 Å². The monoisotopic (exact) mass is 746 g/mol. The molecule has 7 nitrogen and oxygen atoms in total. The zero-order chi connectivity index (χ0) is 35.9. The van der Waals surface area contributed by atoms with Crippen molar-refractivity contribution in [3.8, 4) is 5.75 Å². The summed E-state index contributed by atoms with van der Waals surface area (Å²) < 4.78 is 5.54. The number of aliphatic hydroxyl groups is 2. The Morgan fingerprint density at radius 3 is 1.50 bits per heavy atom. The molecule has 2 aliphatic rings. The Morgan fingerprint density at radius 2 is 1.06 bits per heavy atom. The number of rotatable bonds is 4. The Bertz CT molecular complexity index is 2250. The van der Waals surface area contributed by atoms with Gasteiger partial charge in [0, 0.05) is 17.2 Å². The number of benzene rings is 4. The number of hydrogen-bond acceptors (Lipinski definition) is 7. The van der Waals surface area contributed by atoms with Gasteiger partial charge in [-0.05, 0) is 87.6 Å². The molecule has 1 aliphatic heterocycles. The summed E-state index contributed by atoms with van der Waals surface area (Å²) in [5.41, 5.74) is 10.4. The summed E-state index contributed by atoms with van der Waals surface area (Å²) in [5.74, 6) is 2.60. The number of nitrogens with zero attached hydrogens (tertiary/aromatic N) is 4. The van der Waals surface area contributed by atoms with E-state index in [0.717, 1.165) is 44.8 Å². The van der Waals surface area contributed by atoms with Crippen LogP contribution in [0.15, 0.2) is 66.0 Å². The van der Waals surface area contributed by atoms with Crippen LogP contribution in [0.25, 0.3) is 11.0 Å². The van der Waals surface area contributed by atoms with Crippen molar-refractivity contribution >= 4 is 80.4 Å². The number of halogens is 4. The molecule has 0 radical (unpaired) electrons. The molecule has 2 heterocycles. The Hall–Kier alpha value is -3.82. The third kappa shape index (κ3) is 5.34. The average Bonchev–Trinajstić information content (AvgIpc) is 3.48. The molecular weight excluding hydrogens is 714 g/mol. The number of methoxy groups -OCH3 is 1. The smallest absolute Gasteiger partial charge is 0.183 e. The maximum atomic E-state index is 11.6. The lowest BCUT2D eigenvalue weighted by Crippen LogP contribution is -2.24. The Morgan fingerprint density at radius 1 is 0.620 bits per heavy atom. The highest BCUT2D eigenvalue weighted by atomic mass is 35.5. The van der Waals surface area contributed by atoms with Crippen LogP contribution in [0, 0.1) is 41.5 Å². The van der Waals surface area contributed by atoms with E-state index < -0.39 is 12.2 Å². The van der Waals surface area contributed by atoms with Crippen molar-refractivity contribution in [2.24, 2.45) is 0 Å². The summed E-state index contributed by atoms with van der Waals surface area (Å²) in [5, 5.41) is 23.3. The summed E-state index contributed by atoms with van der Waals surface area (Å²) in [6, 6.07) is 14.2. The second-order valence-corrected chi connectivity index (χ2v) is 14.5. The van der Waals surface area contributed by atoms with E-state index in [1.165, 1.54) is 0 Å². The van der Waals surface area contributed by atoms with E-state index in [1.54, 1.807) is 13.2 Å². The number of ether oxygens (including phenoxy) is 1. The fraction of sp³-hybridized carbons (Fsp3) is 0.231. The Labute approximate surface area is 311 Å². The minimum Gasteiger partial charge on any atom is -0.497 e. The van der Waals surface area contributed by atoms with E-state index >= 15 is 0 Å². The average molecular weight is 749 g/mol. The van der Waals surface area contributed by atoms with Crippen LogP contribution in [0.5, 0.6) is 5.75 Å². The van der Waals surface area contributed by atoms with Crippen LogP contribution in [0.3, 0.4) is 0 Å². The molecule has 2 atom stereocenters. The first-order valence-electron chi connectivity index (χ1n) is 16.0. The highest BCUT2D eigenvalue weighted by Crippen LogP contribution is 2.55. The molecule has 0 fully saturated rings. The largest absolute Gasteiger partial charge is 0.497 e. The summed E-state index contributed by atoms with van der Waals surface area (Å²) >= 11 is 25.9. The number of aryl methyl sites for hydroxylation is 6. The van der Waals surface area contributed by atoms with Gasteiger partial charge < -0.3 is 14.9 Å². The normalized spacial score (nSPS) is 17.6. The molecule has 1 aliphatic carbocycles. The second-order valence-electron chi connectivity index (χ2n) is 13.0. The molecule has 2 unspecified atom stereocenters. The second kappa shape index (κ2) is 12.7. The maximum Gasteiger partial charge on any atom is 0.183 e. The molecule has 5 aromatic rings. The molecule has 0 spiro atoms. The van der Waals surface area contributed by atoms with Gasteiger partial charge in [-0.1, -0.05) is 87.9 Å². The van der Waals surface area contributed by atoms with Crippen molar-refractivity contribution in [3.63, 3.8) is 0 Å². The number of hydrogen-bond donors (Lipinski definition) is 2. The van der Waals surface area contributed by atoms with Gasteiger partial charge in [0.2, 0.25) is 0 Å². The first kappa shape index (κ1) is 34.6. The van der Waals surface area contributed by atoms with Gasteiger partial charge in [0.15, 0.2) is 11.6 Å². The standard InChI is InChI=1S/C39H34Cl4N4O3/c1-17-12-19(3)34(20(4)13-17)46-27(11-9-24-36(48)28-29(37(24)49)31(41)33(43)32(42)30(28)40)47(35-21(5)14-18(2)15-22(35)6)39-38(46)44-25-10-8-23(50-7)16-26(25)45-39/h8-16,36-37,48-49H,1-7H3/b24-9?,27-11-. The lowest BCUT2D eigenvalue weighted by atomic mass is 10.0. The summed E-state index contributed by atoms with van der Waals surface area (Å²) in [4.78, 5) is 14.6. The summed E-state index contributed by atoms with van der Waals surface area (Å²) in [6.45, 7) is 12.5. The first-order valence-corrected chi connectivity index (χ1v) is 17.5. The van der Waals surface area contributed by atoms with E-state index in [0.29, 0.717) is 34.2 Å². The lowest BCUT2D eigenvalue weighted by Gasteiger charge is -2.29. The molecule has 0 bridgehead atoms. The van der Waals surface area contributed by atoms with Crippen molar-refractivity contribution in [1.29, 1.82) is 0 Å². The van der Waals surface area contributed by atoms with Crippen molar-refractivity contribution < 1.29 is 14.9 Å². The molecule has 4 aromatic carbocycles. The molecule has 256 valence electrons. The number of aromatic nitrogens is 2. The molecule has 0 saturated carbocycles. The first-order chi connectivity index (χ1) is 23.7. The van der Waals surface area contributed by atoms with Gasteiger partial charge in [0.1, 0.15) is 23.8 Å². The van der Waals surface area contributed by atoms with E-state index in [2.05, 4.69) is 75.6 Å². The van der Waals surface area contributed by atoms with E-state index in [9.17, 15) is 10.2 Å². The molecular formula is C39H34Cl4N4O3. The fourth-order valence-corrected chi connectivity index (χ4v) is 8.52. The van der Waals surface area contributed by atoms with Gasteiger partial charge in [-0.3, -0.25) is 9.80 Å². The van der Waals surface area contributed by atoms with Crippen LogP contribution in [-0.2, 0) is 0 Å². The predicted octanol–water partition coefficient (Wildman–Crippen LogP) is 10.9. The van der Waals surface area contributed by atoms with Gasteiger partial charge in [0.25, 0.3) is 0 Å². The fourth-order valence-electron chi connectivity index (χ4n) is 7.44. The van der Waals surface area contributed by atoms with Gasteiger partial charge in [-0.2, -0.15) is 0 Å². The number of fused-ring (bicyclic) bond motifs is 3. The molecule has 0 amide bonds. The van der Waals surface area contributed by atoms with Crippen molar-refractivity contribution in [3.05, 3.63) is 131 Å². The van der Waals surface area contributed by atoms with Crippen LogP contribution in [0.4, 0.5) is 23.0 Å². The van der Waals surface area contributed by atoms with E-state index in [4.69, 9.17) is 61.1 Å². The minimum atomic E-state index is -1.29. The third-order valence-electron chi connectivity index (χ3n) is 9.38. The van der Waals surface area contributed by atoms with Gasteiger partial charge in [-0.15, -0.1) is 0 Å². The molecule has 0 saturated heterocycles. The third-order valence-corrected chi connectivity index (χ3v) is 11.2. The molecule has 7 rings (SSSR count). The van der Waals surface area contributed by atoms with Crippen molar-refractivity contribution in [2.75, 3.05) is 16.9 Å². The van der Waals surface area contributed by atoms with E-state index in [1.807, 2.05) is 24.3 Å². The van der Waals surface area contributed by atoms with Gasteiger partial charge >= 0.3 is 0 Å². The highest BCUT2D eigenvalue weighted by molar-refractivity contribution is 6.52. The zero-order valence-corrected chi connectivity index (χ0v) is 31.5. The van der Waals surface area contributed by atoms with Crippen LogP contribution < -0.4 is 14.5 Å². The molecule has 50 heavy (non-hydrogen) atoms. The quantitative estimate of drug-likeness (QED) is 0.140. The summed E-state index contributed by atoms with van der Waals surface area (Å²) in [7, 11) is 1.62. The van der Waals surface area contributed by atoms with Crippen LogP contribution in [-0.4, -0.2) is 27.3 Å². The lowest BCUT2D eigenvalue weighted by molar-refractivity contribution is 0.171. The Kier molecular flexibility index (Phi) is 8.83. The maximum absolute atomic E-state index is 11.6. The summed E-state index contributed by atoms with van der Waals surface area (Å²) in [6.07, 6.45) is 0.981. The minimum absolute atomic E-state index is 0.0167. The highest BCUT2D eigenvalue weighted by Gasteiger charge is 2.42. The van der Waals surface area contributed by atoms with E-state index in [-0.39, 0.29) is 36.8 Å². The van der Waals surface area contributed by atoms with Gasteiger partial charge in [-0.25, -0.2) is 9.97 Å². The van der Waals surface area contributed by atoms with Gasteiger partial charge in [0.05, 0.1) is 49.6 Å². The topological polar surface area (TPSA) is 82.0 Å². The molecule has 2 N–H and O–H groups in total. The van der Waals surface area contributed by atoms with Crippen LogP contribution >= 0.6 is 46.4 Å². The SMILES string of the molecule is COc1ccc2nc3c(nc2c1)N(c1c(C)cc(C)cc1C)/C(=C\C=C1C(O)c2c(Cl)c(Cl)c(Cl)c(Cl)c2C1O)N3c1c(C)cc(C)cc1C. The number of allylic oxidation sites excluding steroid dienone is 2. The van der Waals surface area contributed by atoms with Crippen LogP contribution in [0.1, 0.15) is 56.7 Å². The van der Waals surface area contributed by atoms with Crippen LogP contribution in [0.2, 0.25) is 20.1 Å². The molecule has 1 aromatic heterocycles. The van der Waals surface area contributed by atoms with Crippen molar-refractivity contribution in [1.82, 2.24) is 9.97 Å². The number of aliphatic hydroxyl groups excluding tert-OH is 2. The zero-order valence-electron chi connectivity index (χ0n) is 28.5. The molecule has 11 heteroatoms. The number of anilines is 4.